The molecule has 9 heteroatoms. The lowest BCUT2D eigenvalue weighted by atomic mass is 9.54. The van der Waals surface area contributed by atoms with Crippen LogP contribution in [0.5, 0.6) is 0 Å². The lowest BCUT2D eigenvalue weighted by Gasteiger charge is -2.42. The number of hydrogen-bond donors (Lipinski definition) is 2. The summed E-state index contributed by atoms with van der Waals surface area (Å²) in [5, 5.41) is 22.7. The summed E-state index contributed by atoms with van der Waals surface area (Å²) in [6.07, 6.45) is -5.95. The molecule has 4 aliphatic heterocycles. The molecule has 0 aromatic rings. The van der Waals surface area contributed by atoms with Gasteiger partial charge in [-0.25, -0.2) is 4.79 Å². The number of aliphatic hydroxyl groups excluding tert-OH is 2. The fourth-order valence-corrected chi connectivity index (χ4v) is 7.73. The van der Waals surface area contributed by atoms with Crippen molar-refractivity contribution in [3.8, 4) is 0 Å². The van der Waals surface area contributed by atoms with Crippen molar-refractivity contribution in [3.63, 3.8) is 0 Å². The number of ether oxygens (including phenoxy) is 4. The van der Waals surface area contributed by atoms with Crippen LogP contribution in [0.1, 0.15) is 20.3 Å². The van der Waals surface area contributed by atoms with Crippen LogP contribution >= 0.6 is 0 Å². The van der Waals surface area contributed by atoms with Gasteiger partial charge in [-0.3, -0.25) is 9.59 Å². The molecule has 150 valence electrons. The van der Waals surface area contributed by atoms with Crippen molar-refractivity contribution >= 4 is 17.9 Å². The molecule has 0 aromatic carbocycles. The second-order valence-corrected chi connectivity index (χ2v) is 9.06. The van der Waals surface area contributed by atoms with Crippen molar-refractivity contribution in [3.05, 3.63) is 12.2 Å². The molecule has 0 amide bonds. The number of fused-ring (bicyclic) bond motifs is 1. The molecular weight excluding hydrogens is 372 g/mol. The average Bonchev–Trinajstić information content (AvgIpc) is 3.31. The van der Waals surface area contributed by atoms with Crippen LogP contribution in [-0.4, -0.2) is 64.4 Å². The van der Waals surface area contributed by atoms with Crippen LogP contribution < -0.4 is 0 Å². The molecule has 2 aliphatic carbocycles. The van der Waals surface area contributed by atoms with Crippen molar-refractivity contribution in [2.24, 2.45) is 28.6 Å². The van der Waals surface area contributed by atoms with Crippen molar-refractivity contribution in [1.82, 2.24) is 0 Å². The molecule has 4 saturated heterocycles. The van der Waals surface area contributed by atoms with Gasteiger partial charge < -0.3 is 29.2 Å². The summed E-state index contributed by atoms with van der Waals surface area (Å²) in [5.74, 6) is -4.04. The summed E-state index contributed by atoms with van der Waals surface area (Å²) >= 11 is 0. The van der Waals surface area contributed by atoms with Crippen LogP contribution in [0.4, 0.5) is 0 Å². The second kappa shape index (κ2) is 4.44. The number of rotatable bonds is 1. The molecule has 0 aromatic heterocycles. The first-order chi connectivity index (χ1) is 13.2. The zero-order chi connectivity index (χ0) is 20.0. The van der Waals surface area contributed by atoms with Crippen LogP contribution in [0.2, 0.25) is 0 Å². The summed E-state index contributed by atoms with van der Waals surface area (Å²) in [5.41, 5.74) is -3.86. The smallest absolute Gasteiger partial charge is 0.340 e. The monoisotopic (exact) mass is 392 g/mol. The van der Waals surface area contributed by atoms with E-state index >= 15 is 0 Å². The van der Waals surface area contributed by atoms with Crippen LogP contribution in [0.15, 0.2) is 12.2 Å². The standard InChI is InChI=1S/C19H20O9/c1-5(2)8-10(21)13-18-12(22)11-9(6(3)14(23)26-11)19(18,15(24)27-13)28-16-17(8,18)4-7(20)25-16/h6,8-13,16,21-22H,1,4H2,2-3H3/t6-,8+,9?,10+,11?,12-,13?,16?,17?,18?,19?/m0/s1. The summed E-state index contributed by atoms with van der Waals surface area (Å²) < 4.78 is 22.7. The fraction of sp³-hybridized carbons (Fsp3) is 0.737. The largest absolute Gasteiger partial charge is 0.459 e. The van der Waals surface area contributed by atoms with E-state index in [1.54, 1.807) is 13.8 Å². The van der Waals surface area contributed by atoms with E-state index in [0.29, 0.717) is 5.57 Å². The Labute approximate surface area is 159 Å². The van der Waals surface area contributed by atoms with Gasteiger partial charge in [0, 0.05) is 5.92 Å². The van der Waals surface area contributed by atoms with E-state index in [0.717, 1.165) is 0 Å². The van der Waals surface area contributed by atoms with Gasteiger partial charge in [0.25, 0.3) is 0 Å². The quantitative estimate of drug-likeness (QED) is 0.329. The van der Waals surface area contributed by atoms with Crippen LogP contribution in [0, 0.1) is 28.6 Å². The van der Waals surface area contributed by atoms with E-state index in [1.165, 1.54) is 0 Å². The predicted octanol–water partition coefficient (Wildman–Crippen LogP) is -0.954. The predicted molar refractivity (Wildman–Crippen MR) is 85.9 cm³/mol. The SMILES string of the molecule is C=C(C)[C@@H]1[C@@H](O)C2OC(=O)C34OC5OC(=O)CC51C23[C@@H](O)C1OC(=O)[C@@H](C)C14. The fourth-order valence-electron chi connectivity index (χ4n) is 7.73. The van der Waals surface area contributed by atoms with Gasteiger partial charge in [-0.15, -0.1) is 0 Å². The van der Waals surface area contributed by atoms with Gasteiger partial charge in [0.15, 0.2) is 5.60 Å². The Hall–Kier alpha value is -1.97. The molecule has 6 rings (SSSR count). The van der Waals surface area contributed by atoms with Gasteiger partial charge >= 0.3 is 17.9 Å². The highest BCUT2D eigenvalue weighted by molar-refractivity contribution is 5.91. The third kappa shape index (κ3) is 1.22. The summed E-state index contributed by atoms with van der Waals surface area (Å²) in [4.78, 5) is 37.8. The van der Waals surface area contributed by atoms with Crippen LogP contribution in [0.25, 0.3) is 0 Å². The van der Waals surface area contributed by atoms with E-state index in [4.69, 9.17) is 18.9 Å². The lowest BCUT2D eigenvalue weighted by molar-refractivity contribution is -0.205. The van der Waals surface area contributed by atoms with Gasteiger partial charge in [0.1, 0.15) is 18.3 Å². The Balaban J connectivity index is 1.69. The summed E-state index contributed by atoms with van der Waals surface area (Å²) in [6.45, 7) is 7.31. The highest BCUT2D eigenvalue weighted by Gasteiger charge is 2.99. The van der Waals surface area contributed by atoms with E-state index in [9.17, 15) is 24.6 Å². The molecule has 0 bridgehead atoms. The van der Waals surface area contributed by atoms with Crippen molar-refractivity contribution in [2.45, 2.75) is 56.6 Å². The Morgan fingerprint density at radius 3 is 2.57 bits per heavy atom. The molecular formula is C19H20O9. The van der Waals surface area contributed by atoms with Gasteiger partial charge in [0.2, 0.25) is 6.29 Å². The van der Waals surface area contributed by atoms with E-state index in [1.807, 2.05) is 0 Å². The third-order valence-electron chi connectivity index (χ3n) is 8.26. The zero-order valence-electron chi connectivity index (χ0n) is 15.3. The number of carbonyl (C=O) groups is 3. The van der Waals surface area contributed by atoms with Crippen LogP contribution in [0.3, 0.4) is 0 Å². The highest BCUT2D eigenvalue weighted by atomic mass is 16.7. The lowest BCUT2D eigenvalue weighted by Crippen LogP contribution is -2.59. The first-order valence-electron chi connectivity index (χ1n) is 9.46. The van der Waals surface area contributed by atoms with E-state index in [-0.39, 0.29) is 6.42 Å². The van der Waals surface area contributed by atoms with Gasteiger partial charge in [0.05, 0.1) is 35.2 Å². The summed E-state index contributed by atoms with van der Waals surface area (Å²) in [6, 6.07) is 0. The Morgan fingerprint density at radius 2 is 1.89 bits per heavy atom. The Morgan fingerprint density at radius 1 is 1.18 bits per heavy atom. The molecule has 2 N–H and O–H groups in total. The highest BCUT2D eigenvalue weighted by Crippen LogP contribution is 2.83. The number of carbonyl (C=O) groups excluding carboxylic acids is 3. The zero-order valence-corrected chi connectivity index (χ0v) is 15.3. The molecule has 9 nitrogen and oxygen atoms in total. The molecule has 2 saturated carbocycles. The maximum absolute atomic E-state index is 13.2. The number of esters is 3. The van der Waals surface area contributed by atoms with Crippen molar-refractivity contribution < 1.29 is 43.5 Å². The maximum Gasteiger partial charge on any atom is 0.340 e. The van der Waals surface area contributed by atoms with E-state index < -0.39 is 82.8 Å². The number of aliphatic hydroxyl groups is 2. The van der Waals surface area contributed by atoms with Gasteiger partial charge in [-0.2, -0.15) is 0 Å². The molecule has 6 fully saturated rings. The molecule has 2 spiro atoms. The minimum absolute atomic E-state index is 0.153. The van der Waals surface area contributed by atoms with Gasteiger partial charge in [-0.05, 0) is 6.92 Å². The Kier molecular flexibility index (Phi) is 2.69. The van der Waals surface area contributed by atoms with Crippen molar-refractivity contribution in [1.29, 1.82) is 0 Å². The van der Waals surface area contributed by atoms with Gasteiger partial charge in [-0.1, -0.05) is 19.1 Å². The first kappa shape index (κ1) is 16.9. The first-order valence-corrected chi connectivity index (χ1v) is 9.46. The normalized spacial score (nSPS) is 60.1. The topological polar surface area (TPSA) is 129 Å². The minimum Gasteiger partial charge on any atom is -0.459 e. The molecule has 0 radical (unpaired) electrons. The van der Waals surface area contributed by atoms with Crippen molar-refractivity contribution in [2.75, 3.05) is 0 Å². The minimum atomic E-state index is -1.73. The molecule has 28 heavy (non-hydrogen) atoms. The molecule has 6 aliphatic rings. The second-order valence-electron chi connectivity index (χ2n) is 9.06. The third-order valence-corrected chi connectivity index (χ3v) is 8.26. The molecule has 4 heterocycles. The summed E-state index contributed by atoms with van der Waals surface area (Å²) in [7, 11) is 0. The maximum atomic E-state index is 13.2. The average molecular weight is 392 g/mol. The number of hydrogen-bond acceptors (Lipinski definition) is 9. The Bertz CT molecular complexity index is 883. The van der Waals surface area contributed by atoms with E-state index in [2.05, 4.69) is 6.58 Å². The van der Waals surface area contributed by atoms with Crippen LogP contribution in [-0.2, 0) is 33.3 Å². The molecule has 7 unspecified atom stereocenters. The molecule has 11 atom stereocenters.